The van der Waals surface area contributed by atoms with Crippen molar-refractivity contribution in [3.05, 3.63) is 34.4 Å². The Morgan fingerprint density at radius 1 is 1.57 bits per heavy atom. The first kappa shape index (κ1) is 15.4. The van der Waals surface area contributed by atoms with Crippen molar-refractivity contribution < 1.29 is 9.72 Å². The summed E-state index contributed by atoms with van der Waals surface area (Å²) in [7, 11) is 0. The highest BCUT2D eigenvalue weighted by Gasteiger charge is 2.22. The molecule has 1 heterocycles. The number of benzene rings is 1. The fourth-order valence-corrected chi connectivity index (χ4v) is 2.73. The van der Waals surface area contributed by atoms with Crippen molar-refractivity contribution in [1.82, 2.24) is 5.32 Å². The van der Waals surface area contributed by atoms with Crippen molar-refractivity contribution in [2.45, 2.75) is 26.2 Å². The van der Waals surface area contributed by atoms with Crippen LogP contribution in [-0.2, 0) is 4.79 Å². The van der Waals surface area contributed by atoms with Crippen LogP contribution < -0.4 is 10.6 Å². The van der Waals surface area contributed by atoms with E-state index in [0.717, 1.165) is 25.9 Å². The van der Waals surface area contributed by atoms with E-state index in [1.165, 1.54) is 12.1 Å². The summed E-state index contributed by atoms with van der Waals surface area (Å²) in [5, 5.41) is 16.8. The highest BCUT2D eigenvalue weighted by Crippen LogP contribution is 2.23. The molecule has 1 aliphatic rings. The summed E-state index contributed by atoms with van der Waals surface area (Å²) >= 11 is 0. The van der Waals surface area contributed by atoms with E-state index < -0.39 is 4.92 Å². The predicted molar refractivity (Wildman–Crippen MR) is 81.1 cm³/mol. The molecular weight excluding hydrogens is 270 g/mol. The first-order chi connectivity index (χ1) is 10.1. The second-order valence-electron chi connectivity index (χ2n) is 5.64. The molecule has 1 aromatic carbocycles. The molecule has 0 saturated carbocycles. The predicted octanol–water partition coefficient (Wildman–Crippen LogP) is 2.56. The van der Waals surface area contributed by atoms with Gasteiger partial charge in [-0.15, -0.1) is 0 Å². The number of nitro groups is 1. The van der Waals surface area contributed by atoms with Gasteiger partial charge in [0.25, 0.3) is 5.69 Å². The Kier molecular flexibility index (Phi) is 5.27. The molecule has 0 spiro atoms. The molecule has 6 heteroatoms. The standard InChI is InChI=1S/C15H21N3O3/c1-11(12-4-3-7-16-10-12)8-15(19)17-13-5-2-6-14(9-13)18(20)21/h2,5-6,9,11-12,16H,3-4,7-8,10H2,1H3,(H,17,19). The third-order valence-corrected chi connectivity index (χ3v) is 3.99. The fraction of sp³-hybridized carbons (Fsp3) is 0.533. The lowest BCUT2D eigenvalue weighted by molar-refractivity contribution is -0.384. The van der Waals surface area contributed by atoms with Crippen LogP contribution in [0.2, 0.25) is 0 Å². The number of rotatable bonds is 5. The second-order valence-corrected chi connectivity index (χ2v) is 5.64. The minimum atomic E-state index is -0.466. The van der Waals surface area contributed by atoms with Gasteiger partial charge in [-0.3, -0.25) is 14.9 Å². The van der Waals surface area contributed by atoms with Crippen LogP contribution in [0.25, 0.3) is 0 Å². The number of piperidine rings is 1. The molecule has 2 rings (SSSR count). The van der Waals surface area contributed by atoms with Gasteiger partial charge in [0.05, 0.1) is 4.92 Å². The maximum absolute atomic E-state index is 12.0. The molecule has 1 fully saturated rings. The largest absolute Gasteiger partial charge is 0.326 e. The zero-order valence-electron chi connectivity index (χ0n) is 12.2. The third kappa shape index (κ3) is 4.53. The first-order valence-corrected chi connectivity index (χ1v) is 7.31. The minimum Gasteiger partial charge on any atom is -0.326 e. The number of nitro benzene ring substituents is 1. The summed E-state index contributed by atoms with van der Waals surface area (Å²) in [5.74, 6) is 0.736. The molecule has 1 aromatic rings. The molecule has 0 aliphatic carbocycles. The van der Waals surface area contributed by atoms with Gasteiger partial charge in [-0.2, -0.15) is 0 Å². The van der Waals surface area contributed by atoms with Crippen molar-refractivity contribution in [2.75, 3.05) is 18.4 Å². The number of carbonyl (C=O) groups is 1. The molecule has 6 nitrogen and oxygen atoms in total. The molecule has 1 aliphatic heterocycles. The van der Waals surface area contributed by atoms with E-state index in [2.05, 4.69) is 17.6 Å². The highest BCUT2D eigenvalue weighted by molar-refractivity contribution is 5.91. The molecule has 21 heavy (non-hydrogen) atoms. The molecule has 2 atom stereocenters. The average molecular weight is 291 g/mol. The molecular formula is C15H21N3O3. The summed E-state index contributed by atoms with van der Waals surface area (Å²) in [6, 6.07) is 6.02. The topological polar surface area (TPSA) is 84.3 Å². The van der Waals surface area contributed by atoms with Crippen LogP contribution in [0.5, 0.6) is 0 Å². The van der Waals surface area contributed by atoms with Crippen LogP contribution in [0.1, 0.15) is 26.2 Å². The van der Waals surface area contributed by atoms with Crippen molar-refractivity contribution in [3.8, 4) is 0 Å². The lowest BCUT2D eigenvalue weighted by Crippen LogP contribution is -2.34. The Morgan fingerprint density at radius 3 is 3.05 bits per heavy atom. The van der Waals surface area contributed by atoms with E-state index >= 15 is 0 Å². The Balaban J connectivity index is 1.89. The number of nitrogens with one attached hydrogen (secondary N) is 2. The number of hydrogen-bond acceptors (Lipinski definition) is 4. The molecule has 0 radical (unpaired) electrons. The average Bonchev–Trinajstić information content (AvgIpc) is 2.48. The molecule has 2 unspecified atom stereocenters. The lowest BCUT2D eigenvalue weighted by atomic mass is 9.85. The van der Waals surface area contributed by atoms with Crippen molar-refractivity contribution >= 4 is 17.3 Å². The summed E-state index contributed by atoms with van der Waals surface area (Å²) in [5.41, 5.74) is 0.459. The zero-order valence-corrected chi connectivity index (χ0v) is 12.2. The van der Waals surface area contributed by atoms with Gasteiger partial charge >= 0.3 is 0 Å². The van der Waals surface area contributed by atoms with Crippen molar-refractivity contribution in [3.63, 3.8) is 0 Å². The number of anilines is 1. The maximum Gasteiger partial charge on any atom is 0.271 e. The molecule has 0 aromatic heterocycles. The summed E-state index contributed by atoms with van der Waals surface area (Å²) in [4.78, 5) is 22.3. The number of hydrogen-bond donors (Lipinski definition) is 2. The van der Waals surface area contributed by atoms with Gasteiger partial charge < -0.3 is 10.6 Å². The van der Waals surface area contributed by atoms with Gasteiger partial charge in [0, 0.05) is 24.2 Å². The van der Waals surface area contributed by atoms with Crippen LogP contribution in [-0.4, -0.2) is 23.9 Å². The number of carbonyl (C=O) groups excluding carboxylic acids is 1. The minimum absolute atomic E-state index is 0.0164. The first-order valence-electron chi connectivity index (χ1n) is 7.31. The quantitative estimate of drug-likeness (QED) is 0.645. The monoisotopic (exact) mass is 291 g/mol. The lowest BCUT2D eigenvalue weighted by Gasteiger charge is -2.28. The smallest absolute Gasteiger partial charge is 0.271 e. The van der Waals surface area contributed by atoms with E-state index in [1.807, 2.05) is 0 Å². The second kappa shape index (κ2) is 7.17. The van der Waals surface area contributed by atoms with Crippen LogP contribution >= 0.6 is 0 Å². The van der Waals surface area contributed by atoms with Crippen LogP contribution in [0.3, 0.4) is 0 Å². The van der Waals surface area contributed by atoms with E-state index in [4.69, 9.17) is 0 Å². The maximum atomic E-state index is 12.0. The Bertz CT molecular complexity index is 513. The van der Waals surface area contributed by atoms with Crippen LogP contribution in [0, 0.1) is 22.0 Å². The molecule has 114 valence electrons. The highest BCUT2D eigenvalue weighted by atomic mass is 16.6. The van der Waals surface area contributed by atoms with Gasteiger partial charge in [0.15, 0.2) is 0 Å². The fourth-order valence-electron chi connectivity index (χ4n) is 2.73. The number of non-ortho nitro benzene ring substituents is 1. The SMILES string of the molecule is CC(CC(=O)Nc1cccc([N+](=O)[O-])c1)C1CCCNC1. The Labute approximate surface area is 124 Å². The van der Waals surface area contributed by atoms with Crippen LogP contribution in [0.15, 0.2) is 24.3 Å². The van der Waals surface area contributed by atoms with E-state index in [9.17, 15) is 14.9 Å². The summed E-state index contributed by atoms with van der Waals surface area (Å²) in [6.07, 6.45) is 2.74. The summed E-state index contributed by atoms with van der Waals surface area (Å²) in [6.45, 7) is 4.11. The zero-order chi connectivity index (χ0) is 15.2. The Morgan fingerprint density at radius 2 is 2.38 bits per heavy atom. The van der Waals surface area contributed by atoms with Gasteiger partial charge in [-0.25, -0.2) is 0 Å². The molecule has 1 amide bonds. The normalized spacial score (nSPS) is 19.8. The van der Waals surface area contributed by atoms with Gasteiger partial charge in [-0.1, -0.05) is 13.0 Å². The van der Waals surface area contributed by atoms with E-state index in [-0.39, 0.29) is 11.6 Å². The molecule has 1 saturated heterocycles. The van der Waals surface area contributed by atoms with Crippen molar-refractivity contribution in [1.29, 1.82) is 0 Å². The Hall–Kier alpha value is -1.95. The van der Waals surface area contributed by atoms with Gasteiger partial charge in [0.1, 0.15) is 0 Å². The van der Waals surface area contributed by atoms with Crippen LogP contribution in [0.4, 0.5) is 11.4 Å². The van der Waals surface area contributed by atoms with E-state index in [0.29, 0.717) is 23.9 Å². The van der Waals surface area contributed by atoms with Crippen molar-refractivity contribution in [2.24, 2.45) is 11.8 Å². The van der Waals surface area contributed by atoms with E-state index in [1.54, 1.807) is 12.1 Å². The number of nitrogens with zero attached hydrogens (tertiary/aromatic N) is 1. The molecule has 0 bridgehead atoms. The molecule has 2 N–H and O–H groups in total. The van der Waals surface area contributed by atoms with Gasteiger partial charge in [0.2, 0.25) is 5.91 Å². The summed E-state index contributed by atoms with van der Waals surface area (Å²) < 4.78 is 0. The van der Waals surface area contributed by atoms with Gasteiger partial charge in [-0.05, 0) is 43.8 Å². The third-order valence-electron chi connectivity index (χ3n) is 3.99. The number of amides is 1.